The number of hydrogen-bond acceptors (Lipinski definition) is 5. The van der Waals surface area contributed by atoms with Gasteiger partial charge in [-0.15, -0.1) is 0 Å². The monoisotopic (exact) mass is 374 g/mol. The molecule has 3 aromatic rings. The van der Waals surface area contributed by atoms with Crippen LogP contribution in [-0.4, -0.2) is 27.6 Å². The number of hydrogen-bond donors (Lipinski definition) is 2. The summed E-state index contributed by atoms with van der Waals surface area (Å²) in [5.74, 6) is 0.514. The molecule has 1 aliphatic rings. The van der Waals surface area contributed by atoms with E-state index in [-0.39, 0.29) is 5.56 Å². The predicted molar refractivity (Wildman–Crippen MR) is 109 cm³/mol. The van der Waals surface area contributed by atoms with Crippen LogP contribution in [0.1, 0.15) is 32.7 Å². The van der Waals surface area contributed by atoms with Gasteiger partial charge in [0.2, 0.25) is 5.95 Å². The first-order chi connectivity index (χ1) is 13.5. The second-order valence-corrected chi connectivity index (χ2v) is 7.03. The Balaban J connectivity index is 1.61. The van der Waals surface area contributed by atoms with Gasteiger partial charge >= 0.3 is 5.97 Å². The van der Waals surface area contributed by atoms with Crippen molar-refractivity contribution in [1.29, 1.82) is 0 Å². The zero-order valence-corrected chi connectivity index (χ0v) is 15.9. The number of aromatic nitrogens is 2. The third-order valence-corrected chi connectivity index (χ3v) is 5.19. The van der Waals surface area contributed by atoms with E-state index in [9.17, 15) is 4.79 Å². The van der Waals surface area contributed by atoms with Crippen LogP contribution in [0.25, 0.3) is 0 Å². The van der Waals surface area contributed by atoms with Crippen molar-refractivity contribution in [2.75, 3.05) is 16.8 Å². The van der Waals surface area contributed by atoms with Gasteiger partial charge in [0.1, 0.15) is 5.82 Å². The van der Waals surface area contributed by atoms with Crippen molar-refractivity contribution in [2.45, 2.75) is 26.8 Å². The van der Waals surface area contributed by atoms with Crippen LogP contribution in [0.4, 0.5) is 17.5 Å². The molecule has 2 N–H and O–H groups in total. The van der Waals surface area contributed by atoms with Gasteiger partial charge in [0, 0.05) is 30.0 Å². The smallest absolute Gasteiger partial charge is 0.335 e. The summed E-state index contributed by atoms with van der Waals surface area (Å²) in [5.41, 5.74) is 5.65. The van der Waals surface area contributed by atoms with E-state index < -0.39 is 5.97 Å². The Kier molecular flexibility index (Phi) is 4.69. The summed E-state index contributed by atoms with van der Waals surface area (Å²) < 4.78 is 0. The molecule has 6 heteroatoms. The highest BCUT2D eigenvalue weighted by Crippen LogP contribution is 2.27. The van der Waals surface area contributed by atoms with Crippen molar-refractivity contribution in [3.05, 3.63) is 76.5 Å². The lowest BCUT2D eigenvalue weighted by atomic mass is 10.0. The Labute approximate surface area is 163 Å². The van der Waals surface area contributed by atoms with Crippen LogP contribution in [0.2, 0.25) is 0 Å². The highest BCUT2D eigenvalue weighted by Gasteiger charge is 2.20. The number of carbonyl (C=O) groups is 1. The second-order valence-electron chi connectivity index (χ2n) is 7.03. The van der Waals surface area contributed by atoms with E-state index in [0.29, 0.717) is 5.95 Å². The number of nitrogens with one attached hydrogen (secondary N) is 1. The lowest BCUT2D eigenvalue weighted by molar-refractivity contribution is 0.0697. The van der Waals surface area contributed by atoms with Gasteiger partial charge in [0.15, 0.2) is 0 Å². The quantitative estimate of drug-likeness (QED) is 0.716. The van der Waals surface area contributed by atoms with Crippen LogP contribution in [0.15, 0.2) is 48.5 Å². The summed E-state index contributed by atoms with van der Waals surface area (Å²) in [6.07, 6.45) is 0.978. The molecule has 2 heterocycles. The summed E-state index contributed by atoms with van der Waals surface area (Å²) in [6.45, 7) is 5.65. The van der Waals surface area contributed by atoms with Crippen LogP contribution in [-0.2, 0) is 13.0 Å². The fraction of sp³-hybridized carbons (Fsp3) is 0.227. The molecule has 0 bridgehead atoms. The minimum Gasteiger partial charge on any atom is -0.478 e. The maximum absolute atomic E-state index is 11.0. The molecule has 0 atom stereocenters. The molecule has 0 saturated heterocycles. The lowest BCUT2D eigenvalue weighted by Crippen LogP contribution is -2.32. The highest BCUT2D eigenvalue weighted by atomic mass is 16.4. The molecular weight excluding hydrogens is 352 g/mol. The van der Waals surface area contributed by atoms with Crippen molar-refractivity contribution >= 4 is 23.4 Å². The number of fused-ring (bicyclic) bond motifs is 1. The number of aromatic carboxylic acids is 1. The number of rotatable bonds is 4. The number of benzene rings is 2. The maximum Gasteiger partial charge on any atom is 0.335 e. The first-order valence-electron chi connectivity index (χ1n) is 9.28. The standard InChI is InChI=1S/C22H22N4O2/c1-14-15(2)23-22(26-12-11-16-5-3-4-6-18(16)13-26)25-20(14)24-19-9-7-17(8-10-19)21(27)28/h3-10H,11-13H2,1-2H3,(H,27,28)(H,23,24,25). The Bertz CT molecular complexity index is 1030. The molecule has 0 aliphatic carbocycles. The number of anilines is 3. The van der Waals surface area contributed by atoms with Gasteiger partial charge in [-0.3, -0.25) is 0 Å². The molecule has 2 aromatic carbocycles. The van der Waals surface area contributed by atoms with E-state index in [2.05, 4.69) is 34.5 Å². The first-order valence-corrected chi connectivity index (χ1v) is 9.28. The fourth-order valence-corrected chi connectivity index (χ4v) is 3.38. The SMILES string of the molecule is Cc1nc(N2CCc3ccccc3C2)nc(Nc2ccc(C(=O)O)cc2)c1C. The van der Waals surface area contributed by atoms with Gasteiger partial charge in [-0.2, -0.15) is 4.98 Å². The van der Waals surface area contributed by atoms with Gasteiger partial charge < -0.3 is 15.3 Å². The lowest BCUT2D eigenvalue weighted by Gasteiger charge is -2.29. The van der Waals surface area contributed by atoms with E-state index in [1.807, 2.05) is 13.8 Å². The Morgan fingerprint density at radius 2 is 1.75 bits per heavy atom. The van der Waals surface area contributed by atoms with Crippen molar-refractivity contribution in [3.8, 4) is 0 Å². The Morgan fingerprint density at radius 3 is 2.46 bits per heavy atom. The summed E-state index contributed by atoms with van der Waals surface area (Å²) in [5, 5.41) is 12.4. The van der Waals surface area contributed by atoms with Gasteiger partial charge in [0.05, 0.1) is 5.56 Å². The van der Waals surface area contributed by atoms with E-state index in [0.717, 1.165) is 42.3 Å². The fourth-order valence-electron chi connectivity index (χ4n) is 3.38. The van der Waals surface area contributed by atoms with Crippen LogP contribution >= 0.6 is 0 Å². The predicted octanol–water partition coefficient (Wildman–Crippen LogP) is 4.10. The van der Waals surface area contributed by atoms with Gasteiger partial charge in [-0.1, -0.05) is 24.3 Å². The van der Waals surface area contributed by atoms with Crippen LogP contribution in [0.5, 0.6) is 0 Å². The van der Waals surface area contributed by atoms with E-state index in [1.54, 1.807) is 24.3 Å². The molecule has 0 saturated carbocycles. The third kappa shape index (κ3) is 3.53. The molecule has 6 nitrogen and oxygen atoms in total. The van der Waals surface area contributed by atoms with Crippen LogP contribution < -0.4 is 10.2 Å². The van der Waals surface area contributed by atoms with Crippen molar-refractivity contribution < 1.29 is 9.90 Å². The summed E-state index contributed by atoms with van der Waals surface area (Å²) in [7, 11) is 0. The Hall–Kier alpha value is -3.41. The molecule has 4 rings (SSSR count). The molecule has 28 heavy (non-hydrogen) atoms. The number of nitrogens with zero attached hydrogens (tertiary/aromatic N) is 3. The van der Waals surface area contributed by atoms with Crippen molar-refractivity contribution in [2.24, 2.45) is 0 Å². The van der Waals surface area contributed by atoms with Crippen LogP contribution in [0, 0.1) is 13.8 Å². The van der Waals surface area contributed by atoms with Gasteiger partial charge in [-0.05, 0) is 55.7 Å². The van der Waals surface area contributed by atoms with Crippen molar-refractivity contribution in [1.82, 2.24) is 9.97 Å². The van der Waals surface area contributed by atoms with Gasteiger partial charge in [-0.25, -0.2) is 9.78 Å². The molecule has 0 unspecified atom stereocenters. The minimum atomic E-state index is -0.937. The number of carboxylic acids is 1. The number of carboxylic acid groups (broad SMARTS) is 1. The van der Waals surface area contributed by atoms with Gasteiger partial charge in [0.25, 0.3) is 0 Å². The average Bonchev–Trinajstić information content (AvgIpc) is 2.71. The molecule has 0 spiro atoms. The first kappa shape index (κ1) is 18.0. The molecule has 142 valence electrons. The van der Waals surface area contributed by atoms with Crippen molar-refractivity contribution in [3.63, 3.8) is 0 Å². The largest absolute Gasteiger partial charge is 0.478 e. The van der Waals surface area contributed by atoms with Crippen LogP contribution in [0.3, 0.4) is 0 Å². The maximum atomic E-state index is 11.0. The summed E-state index contributed by atoms with van der Waals surface area (Å²) in [6, 6.07) is 15.1. The third-order valence-electron chi connectivity index (χ3n) is 5.19. The second kappa shape index (κ2) is 7.31. The molecule has 0 fully saturated rings. The molecule has 1 aliphatic heterocycles. The van der Waals surface area contributed by atoms with E-state index in [4.69, 9.17) is 15.1 Å². The van der Waals surface area contributed by atoms with E-state index in [1.165, 1.54) is 11.1 Å². The number of aryl methyl sites for hydroxylation is 1. The highest BCUT2D eigenvalue weighted by molar-refractivity contribution is 5.88. The molecular formula is C22H22N4O2. The molecule has 0 amide bonds. The van der Waals surface area contributed by atoms with E-state index >= 15 is 0 Å². The average molecular weight is 374 g/mol. The zero-order valence-electron chi connectivity index (χ0n) is 15.9. The topological polar surface area (TPSA) is 78.4 Å². The minimum absolute atomic E-state index is 0.258. The molecule has 0 radical (unpaired) electrons. The normalized spacial score (nSPS) is 13.1. The Morgan fingerprint density at radius 1 is 1.04 bits per heavy atom. The molecule has 1 aromatic heterocycles. The summed E-state index contributed by atoms with van der Waals surface area (Å²) in [4.78, 5) is 22.7. The summed E-state index contributed by atoms with van der Waals surface area (Å²) >= 11 is 0. The zero-order chi connectivity index (χ0) is 19.7.